The highest BCUT2D eigenvalue weighted by Gasteiger charge is 2.48. The summed E-state index contributed by atoms with van der Waals surface area (Å²) in [4.78, 5) is 0. The molecule has 0 amide bonds. The van der Waals surface area contributed by atoms with E-state index in [1.165, 1.54) is 5.56 Å². The summed E-state index contributed by atoms with van der Waals surface area (Å²) in [5.74, 6) is 1.46. The fourth-order valence-electron chi connectivity index (χ4n) is 4.54. The SMILES string of the molecule is CCOc1ccc2c(c1)C(C(C)C)(C(C)C)c1cccc(F)c1-2. The van der Waals surface area contributed by atoms with Gasteiger partial charge in [-0.25, -0.2) is 4.39 Å². The van der Waals surface area contributed by atoms with Gasteiger partial charge in [0.25, 0.3) is 0 Å². The monoisotopic (exact) mass is 312 g/mol. The quantitative estimate of drug-likeness (QED) is 0.693. The lowest BCUT2D eigenvalue weighted by atomic mass is 9.63. The molecule has 0 unspecified atom stereocenters. The van der Waals surface area contributed by atoms with Crippen molar-refractivity contribution in [2.45, 2.75) is 40.0 Å². The van der Waals surface area contributed by atoms with Crippen molar-refractivity contribution >= 4 is 0 Å². The predicted octanol–water partition coefficient (Wildman–Crippen LogP) is 5.80. The molecule has 122 valence electrons. The Morgan fingerprint density at radius 3 is 2.30 bits per heavy atom. The first-order valence-electron chi connectivity index (χ1n) is 8.51. The molecule has 0 saturated carbocycles. The molecule has 2 aromatic rings. The van der Waals surface area contributed by atoms with Crippen molar-refractivity contribution in [3.05, 3.63) is 53.3 Å². The van der Waals surface area contributed by atoms with Crippen LogP contribution in [0.15, 0.2) is 36.4 Å². The van der Waals surface area contributed by atoms with Gasteiger partial charge in [-0.05, 0) is 53.6 Å². The van der Waals surface area contributed by atoms with Gasteiger partial charge < -0.3 is 4.74 Å². The maximum Gasteiger partial charge on any atom is 0.131 e. The zero-order valence-electron chi connectivity index (χ0n) is 14.6. The van der Waals surface area contributed by atoms with Crippen LogP contribution in [0.2, 0.25) is 0 Å². The third-order valence-corrected chi connectivity index (χ3v) is 5.30. The second-order valence-corrected chi connectivity index (χ2v) is 6.98. The molecule has 2 heteroatoms. The number of halogens is 1. The Morgan fingerprint density at radius 2 is 1.70 bits per heavy atom. The molecule has 1 nitrogen and oxygen atoms in total. The van der Waals surface area contributed by atoms with Crippen LogP contribution >= 0.6 is 0 Å². The number of fused-ring (bicyclic) bond motifs is 3. The van der Waals surface area contributed by atoms with E-state index in [0.29, 0.717) is 18.4 Å². The molecular formula is C21H25FO. The minimum Gasteiger partial charge on any atom is -0.494 e. The van der Waals surface area contributed by atoms with Crippen molar-refractivity contribution in [2.24, 2.45) is 11.8 Å². The Morgan fingerprint density at radius 1 is 1.00 bits per heavy atom. The van der Waals surface area contributed by atoms with Crippen LogP contribution in [0.4, 0.5) is 4.39 Å². The van der Waals surface area contributed by atoms with Crippen LogP contribution in [0, 0.1) is 17.7 Å². The van der Waals surface area contributed by atoms with Gasteiger partial charge in [-0.15, -0.1) is 0 Å². The Hall–Kier alpha value is -1.83. The van der Waals surface area contributed by atoms with Crippen LogP contribution in [0.1, 0.15) is 45.7 Å². The molecule has 0 heterocycles. The number of hydrogen-bond acceptors (Lipinski definition) is 1. The summed E-state index contributed by atoms with van der Waals surface area (Å²) in [6.07, 6.45) is 0. The van der Waals surface area contributed by atoms with Crippen molar-refractivity contribution in [1.82, 2.24) is 0 Å². The van der Waals surface area contributed by atoms with Gasteiger partial charge in [0, 0.05) is 11.0 Å². The molecule has 0 fully saturated rings. The number of ether oxygens (including phenoxy) is 1. The van der Waals surface area contributed by atoms with Crippen molar-refractivity contribution in [1.29, 1.82) is 0 Å². The van der Waals surface area contributed by atoms with Crippen LogP contribution < -0.4 is 4.74 Å². The summed E-state index contributed by atoms with van der Waals surface area (Å²) >= 11 is 0. The fourth-order valence-corrected chi connectivity index (χ4v) is 4.54. The highest BCUT2D eigenvalue weighted by molar-refractivity contribution is 5.82. The van der Waals surface area contributed by atoms with Gasteiger partial charge in [-0.2, -0.15) is 0 Å². The second kappa shape index (κ2) is 5.67. The van der Waals surface area contributed by atoms with E-state index in [9.17, 15) is 4.39 Å². The van der Waals surface area contributed by atoms with E-state index in [2.05, 4.69) is 39.8 Å². The standard InChI is InChI=1S/C21H25FO/c1-6-23-15-10-11-16-18(12-15)21(13(2)3,14(4)5)17-8-7-9-19(22)20(16)17/h7-14H,6H2,1-5H3. The maximum absolute atomic E-state index is 14.7. The lowest BCUT2D eigenvalue weighted by Crippen LogP contribution is -2.37. The second-order valence-electron chi connectivity index (χ2n) is 6.98. The molecule has 0 aliphatic heterocycles. The Labute approximate surface area is 138 Å². The van der Waals surface area contributed by atoms with Crippen LogP contribution in [-0.2, 0) is 5.41 Å². The van der Waals surface area contributed by atoms with Crippen molar-refractivity contribution in [3.8, 4) is 16.9 Å². The summed E-state index contributed by atoms with van der Waals surface area (Å²) in [6, 6.07) is 11.6. The summed E-state index contributed by atoms with van der Waals surface area (Å²) in [5.41, 5.74) is 3.93. The summed E-state index contributed by atoms with van der Waals surface area (Å²) in [6.45, 7) is 11.6. The molecule has 3 rings (SSSR count). The molecule has 1 aliphatic carbocycles. The van der Waals surface area contributed by atoms with Gasteiger partial charge in [0.2, 0.25) is 0 Å². The van der Waals surface area contributed by atoms with Gasteiger partial charge >= 0.3 is 0 Å². The van der Waals surface area contributed by atoms with Crippen LogP contribution in [0.5, 0.6) is 5.75 Å². The fraction of sp³-hybridized carbons (Fsp3) is 0.429. The molecule has 23 heavy (non-hydrogen) atoms. The summed E-state index contributed by atoms with van der Waals surface area (Å²) < 4.78 is 20.4. The van der Waals surface area contributed by atoms with Crippen molar-refractivity contribution < 1.29 is 9.13 Å². The Kier molecular flexibility index (Phi) is 3.95. The summed E-state index contributed by atoms with van der Waals surface area (Å²) in [5, 5.41) is 0. The molecule has 0 atom stereocenters. The minimum absolute atomic E-state index is 0.129. The van der Waals surface area contributed by atoms with E-state index in [-0.39, 0.29) is 11.2 Å². The van der Waals surface area contributed by atoms with Gasteiger partial charge in [0.1, 0.15) is 11.6 Å². The zero-order chi connectivity index (χ0) is 16.8. The molecule has 0 aromatic heterocycles. The third-order valence-electron chi connectivity index (χ3n) is 5.30. The van der Waals surface area contributed by atoms with E-state index in [1.807, 2.05) is 25.1 Å². The lowest BCUT2D eigenvalue weighted by molar-refractivity contribution is 0.278. The van der Waals surface area contributed by atoms with E-state index < -0.39 is 0 Å². The Balaban J connectivity index is 2.38. The molecule has 0 bridgehead atoms. The Bertz CT molecular complexity index is 723. The van der Waals surface area contributed by atoms with Crippen molar-refractivity contribution in [3.63, 3.8) is 0 Å². The average molecular weight is 312 g/mol. The molecule has 0 saturated heterocycles. The van der Waals surface area contributed by atoms with Gasteiger partial charge in [-0.3, -0.25) is 0 Å². The topological polar surface area (TPSA) is 9.23 Å². The molecule has 0 radical (unpaired) electrons. The molecular weight excluding hydrogens is 287 g/mol. The third kappa shape index (κ3) is 2.11. The van der Waals surface area contributed by atoms with Gasteiger partial charge in [-0.1, -0.05) is 45.9 Å². The number of hydrogen-bond donors (Lipinski definition) is 0. The molecule has 0 spiro atoms. The van der Waals surface area contributed by atoms with E-state index in [1.54, 1.807) is 6.07 Å². The van der Waals surface area contributed by atoms with Gasteiger partial charge in [0.15, 0.2) is 0 Å². The lowest BCUT2D eigenvalue weighted by Gasteiger charge is -2.40. The smallest absolute Gasteiger partial charge is 0.131 e. The highest BCUT2D eigenvalue weighted by atomic mass is 19.1. The summed E-state index contributed by atoms with van der Waals surface area (Å²) in [7, 11) is 0. The molecule has 0 N–H and O–H groups in total. The zero-order valence-corrected chi connectivity index (χ0v) is 14.6. The highest BCUT2D eigenvalue weighted by Crippen LogP contribution is 2.57. The first kappa shape index (κ1) is 16.0. The predicted molar refractivity (Wildman–Crippen MR) is 93.5 cm³/mol. The molecule has 2 aromatic carbocycles. The van der Waals surface area contributed by atoms with Crippen LogP contribution in [0.3, 0.4) is 0 Å². The largest absolute Gasteiger partial charge is 0.494 e. The van der Waals surface area contributed by atoms with E-state index >= 15 is 0 Å². The number of benzene rings is 2. The minimum atomic E-state index is -0.181. The van der Waals surface area contributed by atoms with E-state index in [0.717, 1.165) is 22.4 Å². The number of rotatable bonds is 4. The average Bonchev–Trinajstić information content (AvgIpc) is 2.79. The van der Waals surface area contributed by atoms with Gasteiger partial charge in [0.05, 0.1) is 6.61 Å². The first-order valence-corrected chi connectivity index (χ1v) is 8.51. The van der Waals surface area contributed by atoms with Crippen LogP contribution in [-0.4, -0.2) is 6.61 Å². The first-order chi connectivity index (χ1) is 10.9. The van der Waals surface area contributed by atoms with E-state index in [4.69, 9.17) is 4.74 Å². The van der Waals surface area contributed by atoms with Crippen molar-refractivity contribution in [2.75, 3.05) is 6.61 Å². The maximum atomic E-state index is 14.7. The molecule has 1 aliphatic rings. The normalized spacial score (nSPS) is 15.0. The van der Waals surface area contributed by atoms with Crippen LogP contribution in [0.25, 0.3) is 11.1 Å².